The maximum absolute atomic E-state index is 12.9. The van der Waals surface area contributed by atoms with E-state index in [2.05, 4.69) is 47.7 Å². The number of carbonyl (C=O) groups excluding carboxylic acids is 1. The van der Waals surface area contributed by atoms with Gasteiger partial charge in [0.2, 0.25) is 0 Å². The first kappa shape index (κ1) is 22.0. The van der Waals surface area contributed by atoms with Crippen LogP contribution in [0, 0.1) is 5.82 Å². The number of halogens is 3. The van der Waals surface area contributed by atoms with Crippen LogP contribution >= 0.6 is 31.9 Å². The van der Waals surface area contributed by atoms with E-state index in [1.807, 2.05) is 42.5 Å². The third-order valence-electron chi connectivity index (χ3n) is 3.95. The Hall–Kier alpha value is -2.71. The van der Waals surface area contributed by atoms with Gasteiger partial charge in [0.05, 0.1) is 17.2 Å². The molecule has 0 spiro atoms. The van der Waals surface area contributed by atoms with Crippen LogP contribution in [-0.4, -0.2) is 18.7 Å². The van der Waals surface area contributed by atoms with E-state index in [4.69, 9.17) is 4.74 Å². The first-order chi connectivity index (χ1) is 14.5. The molecule has 0 heterocycles. The Morgan fingerprint density at radius 3 is 2.53 bits per heavy atom. The predicted molar refractivity (Wildman–Crippen MR) is 123 cm³/mol. The number of hydrogen-bond acceptors (Lipinski definition) is 4. The van der Waals surface area contributed by atoms with Crippen LogP contribution in [0.4, 0.5) is 10.1 Å². The third kappa shape index (κ3) is 6.67. The minimum atomic E-state index is -0.337. The molecule has 0 aliphatic heterocycles. The molecule has 0 radical (unpaired) electrons. The highest BCUT2D eigenvalue weighted by molar-refractivity contribution is 9.11. The highest BCUT2D eigenvalue weighted by atomic mass is 79.9. The molecule has 154 valence electrons. The lowest BCUT2D eigenvalue weighted by Crippen LogP contribution is -2.25. The minimum absolute atomic E-state index is 0.00250. The number of carbonyl (C=O) groups is 1. The van der Waals surface area contributed by atoms with Gasteiger partial charge in [0.15, 0.2) is 0 Å². The van der Waals surface area contributed by atoms with E-state index in [0.717, 1.165) is 14.5 Å². The molecule has 3 aromatic rings. The molecule has 0 fully saturated rings. The molecule has 3 rings (SSSR count). The number of hydrazone groups is 1. The van der Waals surface area contributed by atoms with E-state index in [1.54, 1.807) is 12.1 Å². The Bertz CT molecular complexity index is 1030. The summed E-state index contributed by atoms with van der Waals surface area (Å²) in [5, 5.41) is 6.92. The van der Waals surface area contributed by atoms with E-state index in [-0.39, 0.29) is 18.3 Å². The Morgan fingerprint density at radius 1 is 1.07 bits per heavy atom. The lowest BCUT2D eigenvalue weighted by Gasteiger charge is -2.12. The number of nitrogens with zero attached hydrogens (tertiary/aromatic N) is 1. The zero-order chi connectivity index (χ0) is 21.3. The predicted octanol–water partition coefficient (Wildman–Crippen LogP) is 5.49. The number of ether oxygens (including phenoxy) is 1. The van der Waals surface area contributed by atoms with Crippen LogP contribution in [-0.2, 0) is 11.4 Å². The van der Waals surface area contributed by atoms with Gasteiger partial charge < -0.3 is 10.1 Å². The second kappa shape index (κ2) is 10.9. The molecule has 0 unspecified atom stereocenters. The smallest absolute Gasteiger partial charge is 0.259 e. The number of anilines is 1. The van der Waals surface area contributed by atoms with Gasteiger partial charge in [0.1, 0.15) is 18.2 Å². The van der Waals surface area contributed by atoms with E-state index in [1.165, 1.54) is 18.3 Å². The fourth-order valence-electron chi connectivity index (χ4n) is 2.52. The van der Waals surface area contributed by atoms with Crippen molar-refractivity contribution in [3.05, 3.63) is 92.6 Å². The maximum Gasteiger partial charge on any atom is 0.259 e. The molecule has 3 aromatic carbocycles. The molecule has 5 nitrogen and oxygen atoms in total. The zero-order valence-corrected chi connectivity index (χ0v) is 18.9. The van der Waals surface area contributed by atoms with Crippen molar-refractivity contribution in [1.82, 2.24) is 5.43 Å². The van der Waals surface area contributed by atoms with Crippen LogP contribution in [0.3, 0.4) is 0 Å². The summed E-state index contributed by atoms with van der Waals surface area (Å²) in [7, 11) is 0. The summed E-state index contributed by atoms with van der Waals surface area (Å²) < 4.78 is 20.5. The summed E-state index contributed by atoms with van der Waals surface area (Å²) in [4.78, 5) is 12.0. The lowest BCUT2D eigenvalue weighted by molar-refractivity contribution is -0.119. The Kier molecular flexibility index (Phi) is 7.98. The quantitative estimate of drug-likeness (QED) is 0.296. The van der Waals surface area contributed by atoms with Gasteiger partial charge in [-0.05, 0) is 57.9 Å². The van der Waals surface area contributed by atoms with Crippen LogP contribution in [0.2, 0.25) is 0 Å². The topological polar surface area (TPSA) is 62.7 Å². The summed E-state index contributed by atoms with van der Waals surface area (Å²) in [5.41, 5.74) is 4.83. The number of rotatable bonds is 8. The van der Waals surface area contributed by atoms with Gasteiger partial charge in [-0.15, -0.1) is 0 Å². The molecule has 1 amide bonds. The fraction of sp³-hybridized carbons (Fsp3) is 0.0909. The van der Waals surface area contributed by atoms with Gasteiger partial charge in [-0.1, -0.05) is 46.3 Å². The summed E-state index contributed by atoms with van der Waals surface area (Å²) in [6, 6.07) is 19.3. The first-order valence-electron chi connectivity index (χ1n) is 8.98. The van der Waals surface area contributed by atoms with Gasteiger partial charge in [-0.25, -0.2) is 9.82 Å². The molecule has 0 atom stereocenters. The Morgan fingerprint density at radius 2 is 1.80 bits per heavy atom. The molecule has 0 saturated carbocycles. The van der Waals surface area contributed by atoms with E-state index in [9.17, 15) is 9.18 Å². The van der Waals surface area contributed by atoms with Gasteiger partial charge in [-0.3, -0.25) is 4.79 Å². The van der Waals surface area contributed by atoms with Gasteiger partial charge >= 0.3 is 0 Å². The summed E-state index contributed by atoms with van der Waals surface area (Å²) in [5.74, 6) is -0.0547. The van der Waals surface area contributed by atoms with E-state index >= 15 is 0 Å². The molecule has 0 aliphatic carbocycles. The SMILES string of the molecule is O=C(CNc1ccc(F)cc1)N/N=C\c1cc(Br)cc(Br)c1OCc1ccccc1. The summed E-state index contributed by atoms with van der Waals surface area (Å²) in [6.07, 6.45) is 1.52. The van der Waals surface area contributed by atoms with Crippen molar-refractivity contribution in [3.8, 4) is 5.75 Å². The molecule has 0 aromatic heterocycles. The van der Waals surface area contributed by atoms with Crippen molar-refractivity contribution >= 4 is 49.7 Å². The Balaban J connectivity index is 1.60. The van der Waals surface area contributed by atoms with E-state index < -0.39 is 0 Å². The van der Waals surface area contributed by atoms with Crippen LogP contribution in [0.5, 0.6) is 5.75 Å². The molecular formula is C22H18Br2FN3O2. The highest BCUT2D eigenvalue weighted by Crippen LogP contribution is 2.32. The van der Waals surface area contributed by atoms with Crippen LogP contribution < -0.4 is 15.5 Å². The summed E-state index contributed by atoms with van der Waals surface area (Å²) in [6.45, 7) is 0.401. The van der Waals surface area contributed by atoms with Crippen molar-refractivity contribution < 1.29 is 13.9 Å². The highest BCUT2D eigenvalue weighted by Gasteiger charge is 2.10. The second-order valence-electron chi connectivity index (χ2n) is 6.23. The molecule has 30 heavy (non-hydrogen) atoms. The van der Waals surface area contributed by atoms with Gasteiger partial charge in [0, 0.05) is 15.7 Å². The lowest BCUT2D eigenvalue weighted by atomic mass is 10.2. The first-order valence-corrected chi connectivity index (χ1v) is 10.6. The number of nitrogens with one attached hydrogen (secondary N) is 2. The van der Waals surface area contributed by atoms with Gasteiger partial charge in [-0.2, -0.15) is 5.10 Å². The molecular weight excluding hydrogens is 517 g/mol. The van der Waals surface area contributed by atoms with Crippen molar-refractivity contribution in [3.63, 3.8) is 0 Å². The average molecular weight is 535 g/mol. The van der Waals surface area contributed by atoms with E-state index in [0.29, 0.717) is 23.6 Å². The van der Waals surface area contributed by atoms with Gasteiger partial charge in [0.25, 0.3) is 5.91 Å². The normalized spacial score (nSPS) is 10.8. The summed E-state index contributed by atoms with van der Waals surface area (Å²) >= 11 is 6.96. The number of hydrogen-bond donors (Lipinski definition) is 2. The second-order valence-corrected chi connectivity index (χ2v) is 8.00. The standard InChI is InChI=1S/C22H18Br2FN3O2/c23-17-10-16(22(20(24)11-17)30-14-15-4-2-1-3-5-15)12-27-28-21(29)13-26-19-8-6-18(25)7-9-19/h1-12,26H,13-14H2,(H,28,29)/b27-12-. The third-order valence-corrected chi connectivity index (χ3v) is 5.00. The molecule has 0 aliphatic rings. The number of amides is 1. The molecule has 8 heteroatoms. The number of benzene rings is 3. The fourth-order valence-corrected chi connectivity index (χ4v) is 3.89. The largest absolute Gasteiger partial charge is 0.487 e. The zero-order valence-electron chi connectivity index (χ0n) is 15.7. The minimum Gasteiger partial charge on any atom is -0.487 e. The van der Waals surface area contributed by atoms with Crippen LogP contribution in [0.1, 0.15) is 11.1 Å². The van der Waals surface area contributed by atoms with Crippen molar-refractivity contribution in [2.45, 2.75) is 6.61 Å². The monoisotopic (exact) mass is 533 g/mol. The molecule has 0 saturated heterocycles. The van der Waals surface area contributed by atoms with Crippen molar-refractivity contribution in [2.24, 2.45) is 5.10 Å². The Labute approximate surface area is 190 Å². The van der Waals surface area contributed by atoms with Crippen LogP contribution in [0.25, 0.3) is 0 Å². The maximum atomic E-state index is 12.9. The molecule has 2 N–H and O–H groups in total. The average Bonchev–Trinajstić information content (AvgIpc) is 2.73. The van der Waals surface area contributed by atoms with Crippen molar-refractivity contribution in [1.29, 1.82) is 0 Å². The van der Waals surface area contributed by atoms with Crippen molar-refractivity contribution in [2.75, 3.05) is 11.9 Å². The van der Waals surface area contributed by atoms with Crippen LogP contribution in [0.15, 0.2) is 80.8 Å². The molecule has 0 bridgehead atoms.